The molecule has 4 heteroatoms. The zero-order valence-corrected chi connectivity index (χ0v) is 11.3. The van der Waals surface area contributed by atoms with E-state index in [1.807, 2.05) is 31.2 Å². The Morgan fingerprint density at radius 2 is 1.95 bits per heavy atom. The van der Waals surface area contributed by atoms with Crippen molar-refractivity contribution in [3.8, 4) is 0 Å². The van der Waals surface area contributed by atoms with Gasteiger partial charge in [-0.2, -0.15) is 0 Å². The fourth-order valence-corrected chi connectivity index (χ4v) is 2.34. The largest absolute Gasteiger partial charge is 0.481 e. The lowest BCUT2D eigenvalue weighted by atomic mass is 9.90. The van der Waals surface area contributed by atoms with Crippen LogP contribution in [0, 0.1) is 12.3 Å². The summed E-state index contributed by atoms with van der Waals surface area (Å²) >= 11 is 0. The number of hydrogen-bond donors (Lipinski definition) is 1. The van der Waals surface area contributed by atoms with Crippen LogP contribution in [0.4, 0.5) is 0 Å². The van der Waals surface area contributed by atoms with Crippen LogP contribution in [0.15, 0.2) is 24.3 Å². The van der Waals surface area contributed by atoms with E-state index in [2.05, 4.69) is 0 Å². The molecular formula is C15H19NO3. The second-order valence-electron chi connectivity index (χ2n) is 5.59. The molecule has 1 fully saturated rings. The fourth-order valence-electron chi connectivity index (χ4n) is 2.34. The van der Waals surface area contributed by atoms with Crippen LogP contribution in [-0.2, 0) is 16.0 Å². The number of carboxylic acids is 1. The van der Waals surface area contributed by atoms with Gasteiger partial charge in [-0.05, 0) is 25.8 Å². The molecule has 0 aromatic heterocycles. The van der Waals surface area contributed by atoms with Crippen LogP contribution < -0.4 is 0 Å². The molecule has 1 amide bonds. The molecule has 0 bridgehead atoms. The van der Waals surface area contributed by atoms with Crippen molar-refractivity contribution < 1.29 is 14.7 Å². The lowest BCUT2D eigenvalue weighted by Gasteiger charge is -2.20. The Bertz CT molecular complexity index is 495. The Morgan fingerprint density at radius 1 is 1.32 bits per heavy atom. The van der Waals surface area contributed by atoms with E-state index in [1.54, 1.807) is 11.8 Å². The number of nitrogens with zero attached hydrogens (tertiary/aromatic N) is 1. The van der Waals surface area contributed by atoms with Gasteiger partial charge in [0.05, 0.1) is 11.8 Å². The molecule has 2 rings (SSSR count). The number of likely N-dealkylation sites (tertiary alicyclic amines) is 1. The standard InChI is InChI=1S/C15H19NO3/c1-11-3-5-12(6-4-11)9-13(17)16-8-7-15(2,10-16)14(18)19/h3-6H,7-10H2,1-2H3,(H,18,19)/t15-/m1/s1. The molecule has 0 unspecified atom stereocenters. The maximum absolute atomic E-state index is 12.1. The number of carbonyl (C=O) groups is 2. The van der Waals surface area contributed by atoms with E-state index in [0.717, 1.165) is 11.1 Å². The van der Waals surface area contributed by atoms with Gasteiger partial charge < -0.3 is 10.0 Å². The minimum Gasteiger partial charge on any atom is -0.481 e. The summed E-state index contributed by atoms with van der Waals surface area (Å²) in [6, 6.07) is 7.85. The van der Waals surface area contributed by atoms with Crippen LogP contribution in [0.5, 0.6) is 0 Å². The number of aliphatic carboxylic acids is 1. The maximum atomic E-state index is 12.1. The molecule has 1 aromatic carbocycles. The van der Waals surface area contributed by atoms with Crippen molar-refractivity contribution in [2.24, 2.45) is 5.41 Å². The Hall–Kier alpha value is -1.84. The summed E-state index contributed by atoms with van der Waals surface area (Å²) < 4.78 is 0. The van der Waals surface area contributed by atoms with E-state index in [9.17, 15) is 9.59 Å². The SMILES string of the molecule is Cc1ccc(CC(=O)N2CC[C@@](C)(C(=O)O)C2)cc1. The van der Waals surface area contributed by atoms with Gasteiger partial charge in [-0.1, -0.05) is 29.8 Å². The van der Waals surface area contributed by atoms with E-state index in [4.69, 9.17) is 5.11 Å². The van der Waals surface area contributed by atoms with Gasteiger partial charge >= 0.3 is 5.97 Å². The van der Waals surface area contributed by atoms with Gasteiger partial charge in [0.25, 0.3) is 0 Å². The normalized spacial score (nSPS) is 22.5. The summed E-state index contributed by atoms with van der Waals surface area (Å²) in [7, 11) is 0. The van der Waals surface area contributed by atoms with E-state index in [-0.39, 0.29) is 5.91 Å². The number of carbonyl (C=O) groups excluding carboxylic acids is 1. The Balaban J connectivity index is 1.98. The summed E-state index contributed by atoms with van der Waals surface area (Å²) in [6.45, 7) is 4.55. The number of rotatable bonds is 3. The van der Waals surface area contributed by atoms with E-state index < -0.39 is 11.4 Å². The molecule has 1 atom stereocenters. The molecular weight excluding hydrogens is 242 g/mol. The van der Waals surface area contributed by atoms with E-state index >= 15 is 0 Å². The van der Waals surface area contributed by atoms with Crippen LogP contribution in [0.1, 0.15) is 24.5 Å². The van der Waals surface area contributed by atoms with Gasteiger partial charge in [-0.15, -0.1) is 0 Å². The quantitative estimate of drug-likeness (QED) is 0.903. The summed E-state index contributed by atoms with van der Waals surface area (Å²) in [5.74, 6) is -0.813. The molecule has 102 valence electrons. The molecule has 1 saturated heterocycles. The lowest BCUT2D eigenvalue weighted by molar-refractivity contribution is -0.147. The van der Waals surface area contributed by atoms with Crippen LogP contribution in [0.3, 0.4) is 0 Å². The second-order valence-corrected chi connectivity index (χ2v) is 5.59. The minimum atomic E-state index is -0.821. The van der Waals surface area contributed by atoms with Gasteiger partial charge in [0.1, 0.15) is 0 Å². The third-order valence-corrected chi connectivity index (χ3v) is 3.82. The monoisotopic (exact) mass is 261 g/mol. The first-order valence-corrected chi connectivity index (χ1v) is 6.47. The van der Waals surface area contributed by atoms with Crippen molar-refractivity contribution >= 4 is 11.9 Å². The molecule has 0 aliphatic carbocycles. The van der Waals surface area contributed by atoms with Crippen molar-refractivity contribution in [2.45, 2.75) is 26.7 Å². The molecule has 1 aliphatic rings. The predicted molar refractivity (Wildman–Crippen MR) is 71.8 cm³/mol. The number of amides is 1. The predicted octanol–water partition coefficient (Wildman–Crippen LogP) is 1.86. The smallest absolute Gasteiger partial charge is 0.311 e. The maximum Gasteiger partial charge on any atom is 0.311 e. The van der Waals surface area contributed by atoms with Crippen LogP contribution in [0.2, 0.25) is 0 Å². The Labute approximate surface area is 113 Å². The Morgan fingerprint density at radius 3 is 2.47 bits per heavy atom. The molecule has 0 saturated carbocycles. The van der Waals surface area contributed by atoms with Gasteiger partial charge in [0.2, 0.25) is 5.91 Å². The van der Waals surface area contributed by atoms with E-state index in [0.29, 0.717) is 25.9 Å². The van der Waals surface area contributed by atoms with Crippen molar-refractivity contribution in [1.29, 1.82) is 0 Å². The van der Waals surface area contributed by atoms with E-state index in [1.165, 1.54) is 0 Å². The summed E-state index contributed by atoms with van der Waals surface area (Å²) in [5, 5.41) is 9.15. The molecule has 0 spiro atoms. The molecule has 19 heavy (non-hydrogen) atoms. The third kappa shape index (κ3) is 2.95. The van der Waals surface area contributed by atoms with Crippen molar-refractivity contribution in [1.82, 2.24) is 4.90 Å². The van der Waals surface area contributed by atoms with Gasteiger partial charge in [0.15, 0.2) is 0 Å². The first kappa shape index (κ1) is 13.6. The van der Waals surface area contributed by atoms with Crippen molar-refractivity contribution in [2.75, 3.05) is 13.1 Å². The fraction of sp³-hybridized carbons (Fsp3) is 0.467. The molecule has 4 nitrogen and oxygen atoms in total. The first-order chi connectivity index (χ1) is 8.90. The van der Waals surface area contributed by atoms with Gasteiger partial charge in [-0.3, -0.25) is 9.59 Å². The topological polar surface area (TPSA) is 57.6 Å². The number of hydrogen-bond acceptors (Lipinski definition) is 2. The summed E-state index contributed by atoms with van der Waals surface area (Å²) in [5.41, 5.74) is 1.35. The molecule has 1 N–H and O–H groups in total. The molecule has 1 aromatic rings. The highest BCUT2D eigenvalue weighted by atomic mass is 16.4. The molecule has 1 heterocycles. The van der Waals surface area contributed by atoms with Crippen LogP contribution in [-0.4, -0.2) is 35.0 Å². The summed E-state index contributed by atoms with van der Waals surface area (Å²) in [4.78, 5) is 25.0. The first-order valence-electron chi connectivity index (χ1n) is 6.47. The average Bonchev–Trinajstić information content (AvgIpc) is 2.76. The zero-order chi connectivity index (χ0) is 14.0. The average molecular weight is 261 g/mol. The molecule has 1 aliphatic heterocycles. The lowest BCUT2D eigenvalue weighted by Crippen LogP contribution is -2.35. The van der Waals surface area contributed by atoms with Crippen LogP contribution in [0.25, 0.3) is 0 Å². The van der Waals surface area contributed by atoms with Crippen molar-refractivity contribution in [3.63, 3.8) is 0 Å². The Kier molecular flexibility index (Phi) is 3.60. The summed E-state index contributed by atoms with van der Waals surface area (Å²) in [6.07, 6.45) is 0.873. The number of benzene rings is 1. The van der Waals surface area contributed by atoms with Gasteiger partial charge in [0, 0.05) is 13.1 Å². The highest BCUT2D eigenvalue weighted by Gasteiger charge is 2.41. The van der Waals surface area contributed by atoms with Crippen LogP contribution >= 0.6 is 0 Å². The highest BCUT2D eigenvalue weighted by Crippen LogP contribution is 2.30. The third-order valence-electron chi connectivity index (χ3n) is 3.82. The second kappa shape index (κ2) is 5.03. The van der Waals surface area contributed by atoms with Gasteiger partial charge in [-0.25, -0.2) is 0 Å². The van der Waals surface area contributed by atoms with Crippen molar-refractivity contribution in [3.05, 3.63) is 35.4 Å². The zero-order valence-electron chi connectivity index (χ0n) is 11.3. The molecule has 0 radical (unpaired) electrons. The highest BCUT2D eigenvalue weighted by molar-refractivity contribution is 5.82. The number of carboxylic acid groups (broad SMARTS) is 1. The number of aryl methyl sites for hydroxylation is 1. The minimum absolute atomic E-state index is 0.00817.